The molecule has 0 saturated carbocycles. The summed E-state index contributed by atoms with van der Waals surface area (Å²) in [7, 11) is 0. The van der Waals surface area contributed by atoms with Gasteiger partial charge in [-0.25, -0.2) is 0 Å². The lowest BCUT2D eigenvalue weighted by Crippen LogP contribution is -2.52. The maximum atomic E-state index is 12.1. The standard InChI is InChI=1S/C21H22N2O4.H3N/c1-13(24)19(15-7-5-4-6-8-15)27-23-18-16-11-14(12-22)9-10-17(16)26-21(2,3)20(18)25;/h4-11,18-20,23,25H,1-3H3;1H3. The summed E-state index contributed by atoms with van der Waals surface area (Å²) in [4.78, 5) is 17.8. The van der Waals surface area contributed by atoms with E-state index in [1.807, 2.05) is 18.2 Å². The minimum Gasteiger partial charge on any atom is -0.485 e. The first-order valence-electron chi connectivity index (χ1n) is 8.71. The van der Waals surface area contributed by atoms with E-state index in [4.69, 9.17) is 9.57 Å². The number of hydroxylamine groups is 1. The summed E-state index contributed by atoms with van der Waals surface area (Å²) < 4.78 is 5.88. The molecular weight excluding hydrogens is 358 g/mol. The first-order chi connectivity index (χ1) is 12.8. The molecule has 2 aromatic carbocycles. The summed E-state index contributed by atoms with van der Waals surface area (Å²) in [5.74, 6) is 0.394. The summed E-state index contributed by atoms with van der Waals surface area (Å²) in [6.07, 6.45) is -1.77. The molecule has 0 aromatic heterocycles. The zero-order valence-corrected chi connectivity index (χ0v) is 16.2. The Morgan fingerprint density at radius 3 is 2.57 bits per heavy atom. The van der Waals surface area contributed by atoms with Crippen LogP contribution in [0.5, 0.6) is 5.75 Å². The van der Waals surface area contributed by atoms with Gasteiger partial charge >= 0.3 is 0 Å². The summed E-state index contributed by atoms with van der Waals surface area (Å²) in [5.41, 5.74) is 3.75. The van der Waals surface area contributed by atoms with Crippen molar-refractivity contribution in [2.75, 3.05) is 0 Å². The van der Waals surface area contributed by atoms with E-state index in [0.29, 0.717) is 22.4 Å². The maximum absolute atomic E-state index is 12.1. The number of benzene rings is 2. The lowest BCUT2D eigenvalue weighted by Gasteiger charge is -2.42. The molecule has 148 valence electrons. The van der Waals surface area contributed by atoms with Gasteiger partial charge in [-0.15, -0.1) is 0 Å². The van der Waals surface area contributed by atoms with Crippen LogP contribution < -0.4 is 16.4 Å². The number of carbonyl (C=O) groups is 1. The largest absolute Gasteiger partial charge is 0.485 e. The molecule has 0 amide bonds. The number of nitrogens with zero attached hydrogens (tertiary/aromatic N) is 1. The zero-order chi connectivity index (χ0) is 19.6. The number of hydrogen-bond donors (Lipinski definition) is 3. The summed E-state index contributed by atoms with van der Waals surface area (Å²) in [6.45, 7) is 4.99. The average molecular weight is 383 g/mol. The van der Waals surface area contributed by atoms with Crippen molar-refractivity contribution in [2.45, 2.75) is 44.6 Å². The smallest absolute Gasteiger partial charge is 0.165 e. The van der Waals surface area contributed by atoms with Crippen molar-refractivity contribution in [3.8, 4) is 11.8 Å². The highest BCUT2D eigenvalue weighted by atomic mass is 16.7. The van der Waals surface area contributed by atoms with Crippen molar-refractivity contribution < 1.29 is 19.5 Å². The minimum atomic E-state index is -0.956. The molecule has 7 nitrogen and oxygen atoms in total. The van der Waals surface area contributed by atoms with Crippen molar-refractivity contribution in [1.82, 2.24) is 11.6 Å². The van der Waals surface area contributed by atoms with Crippen molar-refractivity contribution >= 4 is 5.78 Å². The minimum absolute atomic E-state index is 0. The number of ketones is 1. The van der Waals surface area contributed by atoms with Crippen molar-refractivity contribution in [1.29, 1.82) is 5.26 Å². The maximum Gasteiger partial charge on any atom is 0.165 e. The second kappa shape index (κ2) is 8.50. The highest BCUT2D eigenvalue weighted by Crippen LogP contribution is 2.40. The second-order valence-corrected chi connectivity index (χ2v) is 7.13. The van der Waals surface area contributed by atoms with Crippen LogP contribution in [0.2, 0.25) is 0 Å². The quantitative estimate of drug-likeness (QED) is 0.677. The Hall–Kier alpha value is -2.76. The van der Waals surface area contributed by atoms with Gasteiger partial charge in [-0.3, -0.25) is 9.63 Å². The van der Waals surface area contributed by atoms with Crippen LogP contribution in [0.15, 0.2) is 48.5 Å². The fourth-order valence-corrected chi connectivity index (χ4v) is 3.15. The van der Waals surface area contributed by atoms with Gasteiger partial charge in [0.1, 0.15) is 17.5 Å². The molecule has 2 aromatic rings. The van der Waals surface area contributed by atoms with Gasteiger partial charge in [0.2, 0.25) is 0 Å². The molecule has 0 bridgehead atoms. The second-order valence-electron chi connectivity index (χ2n) is 7.13. The zero-order valence-electron chi connectivity index (χ0n) is 16.2. The third-order valence-corrected chi connectivity index (χ3v) is 4.66. The van der Waals surface area contributed by atoms with Gasteiger partial charge in [0, 0.05) is 5.56 Å². The average Bonchev–Trinajstić information content (AvgIpc) is 2.65. The third-order valence-electron chi connectivity index (χ3n) is 4.66. The number of rotatable bonds is 5. The Kier molecular flexibility index (Phi) is 6.54. The highest BCUT2D eigenvalue weighted by molar-refractivity contribution is 5.81. The number of aliphatic hydroxyl groups is 1. The molecule has 3 atom stereocenters. The predicted molar refractivity (Wildman–Crippen MR) is 104 cm³/mol. The normalized spacial score (nSPS) is 20.7. The molecule has 0 radical (unpaired) electrons. The van der Waals surface area contributed by atoms with E-state index in [1.165, 1.54) is 6.92 Å². The van der Waals surface area contributed by atoms with Crippen LogP contribution >= 0.6 is 0 Å². The molecule has 5 N–H and O–H groups in total. The molecule has 28 heavy (non-hydrogen) atoms. The fraction of sp³-hybridized carbons (Fsp3) is 0.333. The van der Waals surface area contributed by atoms with E-state index >= 15 is 0 Å². The van der Waals surface area contributed by atoms with Crippen LogP contribution in [0.1, 0.15) is 49.6 Å². The van der Waals surface area contributed by atoms with Crippen LogP contribution in [-0.2, 0) is 9.63 Å². The molecule has 0 spiro atoms. The monoisotopic (exact) mass is 383 g/mol. The van der Waals surface area contributed by atoms with E-state index < -0.39 is 23.9 Å². The SMILES string of the molecule is CC(=O)C(ONC1c2cc(C#N)ccc2OC(C)(C)C1O)c1ccccc1.N. The molecular formula is C21H25N3O4. The Bertz CT molecular complexity index is 877. The lowest BCUT2D eigenvalue weighted by atomic mass is 9.86. The molecule has 0 fully saturated rings. The van der Waals surface area contributed by atoms with Crippen LogP contribution in [0.3, 0.4) is 0 Å². The summed E-state index contributed by atoms with van der Waals surface area (Å²) >= 11 is 0. The lowest BCUT2D eigenvalue weighted by molar-refractivity contribution is -0.147. The van der Waals surface area contributed by atoms with Crippen LogP contribution in [-0.4, -0.2) is 22.6 Å². The predicted octanol–water partition coefficient (Wildman–Crippen LogP) is 3.14. The summed E-state index contributed by atoms with van der Waals surface area (Å²) in [6, 6.07) is 15.6. The number of carbonyl (C=O) groups excluding carboxylic acids is 1. The number of nitrogens with one attached hydrogen (secondary N) is 1. The Labute approximate surface area is 164 Å². The van der Waals surface area contributed by atoms with Gasteiger partial charge in [0.05, 0.1) is 17.7 Å². The fourth-order valence-electron chi connectivity index (χ4n) is 3.15. The van der Waals surface area contributed by atoms with E-state index in [-0.39, 0.29) is 11.9 Å². The molecule has 7 heteroatoms. The Balaban J connectivity index is 0.00000280. The van der Waals surface area contributed by atoms with Crippen molar-refractivity contribution in [3.05, 3.63) is 65.2 Å². The molecule has 1 heterocycles. The number of ether oxygens (including phenoxy) is 1. The number of nitriles is 1. The van der Waals surface area contributed by atoms with Gasteiger partial charge in [-0.05, 0) is 44.5 Å². The molecule has 3 unspecified atom stereocenters. The van der Waals surface area contributed by atoms with Crippen LogP contribution in [0, 0.1) is 11.3 Å². The Morgan fingerprint density at radius 2 is 1.96 bits per heavy atom. The topological polar surface area (TPSA) is 127 Å². The first-order valence-corrected chi connectivity index (χ1v) is 8.71. The van der Waals surface area contributed by atoms with Gasteiger partial charge in [-0.2, -0.15) is 10.7 Å². The van der Waals surface area contributed by atoms with Crippen LogP contribution in [0.4, 0.5) is 0 Å². The molecule has 0 saturated heterocycles. The third kappa shape index (κ3) is 4.21. The molecule has 1 aliphatic rings. The molecule has 3 rings (SSSR count). The van der Waals surface area contributed by atoms with Gasteiger partial charge in [-0.1, -0.05) is 30.3 Å². The Morgan fingerprint density at radius 1 is 1.29 bits per heavy atom. The highest BCUT2D eigenvalue weighted by Gasteiger charge is 2.43. The summed E-state index contributed by atoms with van der Waals surface area (Å²) in [5, 5.41) is 20.0. The van der Waals surface area contributed by atoms with Gasteiger partial charge in [0.15, 0.2) is 11.9 Å². The van der Waals surface area contributed by atoms with Gasteiger partial charge < -0.3 is 16.0 Å². The van der Waals surface area contributed by atoms with E-state index in [2.05, 4.69) is 11.5 Å². The number of Topliss-reactive ketones (excluding diaryl/α,β-unsaturated/α-hetero) is 1. The number of hydrogen-bond acceptors (Lipinski definition) is 7. The van der Waals surface area contributed by atoms with Gasteiger partial charge in [0.25, 0.3) is 0 Å². The van der Waals surface area contributed by atoms with Crippen molar-refractivity contribution in [2.24, 2.45) is 0 Å². The van der Waals surface area contributed by atoms with E-state index in [0.717, 1.165) is 0 Å². The molecule has 1 aliphatic heterocycles. The van der Waals surface area contributed by atoms with Crippen LogP contribution in [0.25, 0.3) is 0 Å². The number of aliphatic hydroxyl groups excluding tert-OH is 1. The van der Waals surface area contributed by atoms with E-state index in [1.54, 1.807) is 44.2 Å². The van der Waals surface area contributed by atoms with E-state index in [9.17, 15) is 15.2 Å². The number of fused-ring (bicyclic) bond motifs is 1. The molecule has 0 aliphatic carbocycles. The first kappa shape index (κ1) is 21.5. The van der Waals surface area contributed by atoms with Crippen molar-refractivity contribution in [3.63, 3.8) is 0 Å².